The van der Waals surface area contributed by atoms with Gasteiger partial charge in [0.1, 0.15) is 6.04 Å². The molecule has 1 rings (SSSR count). The zero-order chi connectivity index (χ0) is 15.1. The first-order valence-corrected chi connectivity index (χ1v) is 6.84. The molecule has 0 aliphatic rings. The smallest absolute Gasteiger partial charge is 0.326 e. The minimum atomic E-state index is -1.02. The maximum absolute atomic E-state index is 11.7. The van der Waals surface area contributed by atoms with Gasteiger partial charge in [0, 0.05) is 5.69 Å². The van der Waals surface area contributed by atoms with Gasteiger partial charge >= 0.3 is 12.0 Å². The largest absolute Gasteiger partial charge is 0.480 e. The van der Waals surface area contributed by atoms with Crippen molar-refractivity contribution in [2.75, 3.05) is 5.32 Å². The summed E-state index contributed by atoms with van der Waals surface area (Å²) < 4.78 is 0. The summed E-state index contributed by atoms with van der Waals surface area (Å²) >= 11 is 0. The highest BCUT2D eigenvalue weighted by Gasteiger charge is 2.18. The summed E-state index contributed by atoms with van der Waals surface area (Å²) in [5, 5.41) is 14.1. The van der Waals surface area contributed by atoms with Gasteiger partial charge in [-0.25, -0.2) is 9.59 Å². The van der Waals surface area contributed by atoms with Crippen LogP contribution in [0.2, 0.25) is 0 Å². The van der Waals surface area contributed by atoms with Crippen LogP contribution >= 0.6 is 0 Å². The molecule has 0 aromatic heterocycles. The van der Waals surface area contributed by atoms with Crippen molar-refractivity contribution in [2.24, 2.45) is 0 Å². The molecule has 5 heteroatoms. The van der Waals surface area contributed by atoms with E-state index in [0.717, 1.165) is 0 Å². The molecule has 110 valence electrons. The first-order chi connectivity index (χ1) is 9.43. The number of hydrogen-bond donors (Lipinski definition) is 3. The lowest BCUT2D eigenvalue weighted by Crippen LogP contribution is -2.42. The third-order valence-electron chi connectivity index (χ3n) is 3.02. The van der Waals surface area contributed by atoms with Crippen LogP contribution in [-0.2, 0) is 4.79 Å². The molecule has 1 atom stereocenters. The van der Waals surface area contributed by atoms with Gasteiger partial charge in [0.2, 0.25) is 0 Å². The lowest BCUT2D eigenvalue weighted by atomic mass is 10.0. The molecule has 0 bridgehead atoms. The molecule has 0 aliphatic carbocycles. The number of benzene rings is 1. The maximum Gasteiger partial charge on any atom is 0.326 e. The fourth-order valence-corrected chi connectivity index (χ4v) is 1.82. The molecule has 0 saturated carbocycles. The van der Waals surface area contributed by atoms with Gasteiger partial charge < -0.3 is 15.7 Å². The van der Waals surface area contributed by atoms with Crippen LogP contribution in [0.15, 0.2) is 24.3 Å². The number of rotatable bonds is 6. The average molecular weight is 278 g/mol. The summed E-state index contributed by atoms with van der Waals surface area (Å²) in [6, 6.07) is 6.16. The molecule has 20 heavy (non-hydrogen) atoms. The third-order valence-corrected chi connectivity index (χ3v) is 3.02. The van der Waals surface area contributed by atoms with E-state index in [0.29, 0.717) is 24.4 Å². The summed E-state index contributed by atoms with van der Waals surface area (Å²) in [7, 11) is 0. The number of nitrogens with one attached hydrogen (secondary N) is 2. The van der Waals surface area contributed by atoms with E-state index in [-0.39, 0.29) is 0 Å². The Balaban J connectivity index is 2.59. The fraction of sp³-hybridized carbons (Fsp3) is 0.467. The minimum absolute atomic E-state index is 0.412. The zero-order valence-electron chi connectivity index (χ0n) is 12.1. The van der Waals surface area contributed by atoms with Crippen LogP contribution in [0.25, 0.3) is 0 Å². The third kappa shape index (κ3) is 4.91. The standard InChI is InChI=1S/C15H22N2O3/c1-4-5-13(14(18)19)17-15(20)16-12-8-6-11(7-9-12)10(2)3/h6-10,13H,4-5H2,1-3H3,(H,18,19)(H2,16,17,20)/t13-/m1/s1. The Hall–Kier alpha value is -2.04. The van der Waals surface area contributed by atoms with Crippen LogP contribution in [0.1, 0.15) is 45.1 Å². The lowest BCUT2D eigenvalue weighted by Gasteiger charge is -2.14. The van der Waals surface area contributed by atoms with E-state index in [9.17, 15) is 9.59 Å². The highest BCUT2D eigenvalue weighted by Crippen LogP contribution is 2.17. The molecule has 0 saturated heterocycles. The number of carbonyl (C=O) groups is 2. The Morgan fingerprint density at radius 2 is 1.80 bits per heavy atom. The molecule has 0 fully saturated rings. The van der Waals surface area contributed by atoms with Crippen molar-refractivity contribution in [3.8, 4) is 0 Å². The van der Waals surface area contributed by atoms with Gasteiger partial charge in [0.05, 0.1) is 0 Å². The normalized spacial score (nSPS) is 12.0. The Morgan fingerprint density at radius 1 is 1.20 bits per heavy atom. The van der Waals surface area contributed by atoms with E-state index in [1.54, 1.807) is 0 Å². The first kappa shape index (κ1) is 16.0. The summed E-state index contributed by atoms with van der Waals surface area (Å²) in [5.41, 5.74) is 1.83. The minimum Gasteiger partial charge on any atom is -0.480 e. The molecule has 0 spiro atoms. The highest BCUT2D eigenvalue weighted by molar-refractivity contribution is 5.92. The van der Waals surface area contributed by atoms with Crippen LogP contribution in [0.4, 0.5) is 10.5 Å². The molecule has 3 N–H and O–H groups in total. The number of carboxylic acid groups (broad SMARTS) is 1. The van der Waals surface area contributed by atoms with Gasteiger partial charge in [0.15, 0.2) is 0 Å². The highest BCUT2D eigenvalue weighted by atomic mass is 16.4. The molecule has 1 aromatic rings. The Kier molecular flexibility index (Phi) is 6.03. The first-order valence-electron chi connectivity index (χ1n) is 6.84. The number of amides is 2. The van der Waals surface area contributed by atoms with Crippen LogP contribution in [0.3, 0.4) is 0 Å². The summed E-state index contributed by atoms with van der Waals surface area (Å²) in [6.07, 6.45) is 1.11. The number of aliphatic carboxylic acids is 1. The van der Waals surface area contributed by atoms with E-state index in [1.165, 1.54) is 5.56 Å². The number of hydrogen-bond acceptors (Lipinski definition) is 2. The number of anilines is 1. The molecule has 1 aromatic carbocycles. The Bertz CT molecular complexity index is 455. The van der Waals surface area contributed by atoms with E-state index in [2.05, 4.69) is 24.5 Å². The van der Waals surface area contributed by atoms with Gasteiger partial charge in [-0.2, -0.15) is 0 Å². The van der Waals surface area contributed by atoms with Crippen LogP contribution < -0.4 is 10.6 Å². The van der Waals surface area contributed by atoms with Crippen molar-refractivity contribution < 1.29 is 14.7 Å². The molecule has 0 unspecified atom stereocenters. The van der Waals surface area contributed by atoms with Gasteiger partial charge in [0.25, 0.3) is 0 Å². The van der Waals surface area contributed by atoms with Crippen molar-refractivity contribution in [1.29, 1.82) is 0 Å². The summed E-state index contributed by atoms with van der Waals surface area (Å²) in [4.78, 5) is 22.7. The van der Waals surface area contributed by atoms with Crippen LogP contribution in [-0.4, -0.2) is 23.1 Å². The Labute approximate surface area is 119 Å². The molecular formula is C15H22N2O3. The van der Waals surface area contributed by atoms with Gasteiger partial charge in [-0.3, -0.25) is 0 Å². The quantitative estimate of drug-likeness (QED) is 0.747. The van der Waals surface area contributed by atoms with Gasteiger partial charge in [-0.1, -0.05) is 39.3 Å². The zero-order valence-corrected chi connectivity index (χ0v) is 12.1. The van der Waals surface area contributed by atoms with Crippen molar-refractivity contribution >= 4 is 17.7 Å². The van der Waals surface area contributed by atoms with Crippen molar-refractivity contribution in [1.82, 2.24) is 5.32 Å². The monoisotopic (exact) mass is 278 g/mol. The van der Waals surface area contributed by atoms with Crippen molar-refractivity contribution in [2.45, 2.75) is 45.6 Å². The fourth-order valence-electron chi connectivity index (χ4n) is 1.82. The van der Waals surface area contributed by atoms with Crippen LogP contribution in [0.5, 0.6) is 0 Å². The van der Waals surface area contributed by atoms with E-state index >= 15 is 0 Å². The number of urea groups is 1. The molecule has 2 amide bonds. The second-order valence-electron chi connectivity index (χ2n) is 5.05. The molecule has 5 nitrogen and oxygen atoms in total. The Morgan fingerprint density at radius 3 is 2.25 bits per heavy atom. The summed E-state index contributed by atoms with van der Waals surface area (Å²) in [6.45, 7) is 6.06. The average Bonchev–Trinajstić information content (AvgIpc) is 2.38. The van der Waals surface area contributed by atoms with E-state index < -0.39 is 18.0 Å². The molecule has 0 heterocycles. The second-order valence-corrected chi connectivity index (χ2v) is 5.05. The lowest BCUT2D eigenvalue weighted by molar-refractivity contribution is -0.139. The second kappa shape index (κ2) is 7.53. The number of carbonyl (C=O) groups excluding carboxylic acids is 1. The summed E-state index contributed by atoms with van der Waals surface area (Å²) in [5.74, 6) is -0.587. The van der Waals surface area contributed by atoms with Crippen molar-refractivity contribution in [3.05, 3.63) is 29.8 Å². The van der Waals surface area contributed by atoms with Crippen LogP contribution in [0, 0.1) is 0 Å². The predicted octanol–water partition coefficient (Wildman–Crippen LogP) is 3.18. The number of carboxylic acids is 1. The van der Waals surface area contributed by atoms with Gasteiger partial charge in [-0.15, -0.1) is 0 Å². The maximum atomic E-state index is 11.7. The van der Waals surface area contributed by atoms with E-state index in [4.69, 9.17) is 5.11 Å². The molecule has 0 radical (unpaired) electrons. The topological polar surface area (TPSA) is 78.4 Å². The molecule has 0 aliphatic heterocycles. The van der Waals surface area contributed by atoms with Gasteiger partial charge in [-0.05, 0) is 30.0 Å². The SMILES string of the molecule is CCC[C@@H](NC(=O)Nc1ccc(C(C)C)cc1)C(=O)O. The molecular weight excluding hydrogens is 256 g/mol. The van der Waals surface area contributed by atoms with Crippen molar-refractivity contribution in [3.63, 3.8) is 0 Å². The predicted molar refractivity (Wildman–Crippen MR) is 79.0 cm³/mol. The van der Waals surface area contributed by atoms with E-state index in [1.807, 2.05) is 31.2 Å².